The molecule has 2 atom stereocenters. The molecule has 3 N–H and O–H groups in total. The molecule has 1 heterocycles. The molecule has 8 heteroatoms. The fourth-order valence-electron chi connectivity index (χ4n) is 4.11. The first-order valence-corrected chi connectivity index (χ1v) is 12.1. The predicted molar refractivity (Wildman–Crippen MR) is 137 cm³/mol. The van der Waals surface area contributed by atoms with Gasteiger partial charge in [0, 0.05) is 30.3 Å². The summed E-state index contributed by atoms with van der Waals surface area (Å²) >= 11 is 0. The molecule has 1 amide bonds. The number of halogens is 2. The highest BCUT2D eigenvalue weighted by Gasteiger charge is 2.23. The molecule has 0 spiro atoms. The Morgan fingerprint density at radius 2 is 1.73 bits per heavy atom. The number of aryl methyl sites for hydroxylation is 1. The van der Waals surface area contributed by atoms with Crippen LogP contribution in [0.25, 0.3) is 11.5 Å². The van der Waals surface area contributed by atoms with Crippen molar-refractivity contribution in [2.75, 3.05) is 6.54 Å². The lowest BCUT2D eigenvalue weighted by Gasteiger charge is -2.25. The first-order valence-electron chi connectivity index (χ1n) is 12.1. The minimum absolute atomic E-state index is 0.0446. The first-order chi connectivity index (χ1) is 17.9. The third-order valence-electron chi connectivity index (χ3n) is 6.07. The number of carbonyl (C=O) groups excluding carboxylic acids is 1. The molecule has 0 fully saturated rings. The Bertz CT molecular complexity index is 1290. The minimum Gasteiger partial charge on any atom is -0.445 e. The van der Waals surface area contributed by atoms with Gasteiger partial charge in [-0.1, -0.05) is 31.2 Å². The summed E-state index contributed by atoms with van der Waals surface area (Å²) in [6, 6.07) is 17.2. The molecule has 0 saturated carbocycles. The normalized spacial score (nSPS) is 12.8. The molecule has 3 aromatic carbocycles. The summed E-state index contributed by atoms with van der Waals surface area (Å²) in [5.41, 5.74) is 3.70. The summed E-state index contributed by atoms with van der Waals surface area (Å²) in [5.74, 6) is -1.42. The van der Waals surface area contributed by atoms with Crippen molar-refractivity contribution in [1.82, 2.24) is 15.6 Å². The highest BCUT2D eigenvalue weighted by atomic mass is 19.1. The second kappa shape index (κ2) is 12.4. The number of nitrogens with zero attached hydrogens (tertiary/aromatic N) is 1. The summed E-state index contributed by atoms with van der Waals surface area (Å²) in [7, 11) is 0. The lowest BCUT2D eigenvalue weighted by Crippen LogP contribution is -2.48. The van der Waals surface area contributed by atoms with E-state index in [1.165, 1.54) is 30.2 Å². The second-order valence-electron chi connectivity index (χ2n) is 8.85. The Labute approximate surface area is 214 Å². The topological polar surface area (TPSA) is 87.4 Å². The van der Waals surface area contributed by atoms with Gasteiger partial charge in [0.25, 0.3) is 5.91 Å². The number of benzene rings is 3. The van der Waals surface area contributed by atoms with Gasteiger partial charge in [0.15, 0.2) is 0 Å². The van der Waals surface area contributed by atoms with E-state index in [1.54, 1.807) is 24.3 Å². The maximum Gasteiger partial charge on any atom is 0.251 e. The van der Waals surface area contributed by atoms with Crippen LogP contribution >= 0.6 is 0 Å². The molecule has 192 valence electrons. The van der Waals surface area contributed by atoms with Crippen LogP contribution in [0, 0.1) is 11.6 Å². The lowest BCUT2D eigenvalue weighted by atomic mass is 9.99. The number of aromatic nitrogens is 1. The van der Waals surface area contributed by atoms with Crippen LogP contribution in [0.2, 0.25) is 0 Å². The number of oxazole rings is 1. The van der Waals surface area contributed by atoms with Crippen LogP contribution in [0.5, 0.6) is 0 Å². The van der Waals surface area contributed by atoms with E-state index in [2.05, 4.69) is 34.7 Å². The number of carbonyl (C=O) groups is 1. The molecule has 37 heavy (non-hydrogen) atoms. The summed E-state index contributed by atoms with van der Waals surface area (Å²) in [5, 5.41) is 17.0. The number of amides is 1. The predicted octanol–water partition coefficient (Wildman–Crippen LogP) is 4.67. The van der Waals surface area contributed by atoms with Crippen LogP contribution in [-0.2, 0) is 19.4 Å². The quantitative estimate of drug-likeness (QED) is 0.276. The van der Waals surface area contributed by atoms with Crippen molar-refractivity contribution in [3.63, 3.8) is 0 Å². The van der Waals surface area contributed by atoms with E-state index in [1.807, 2.05) is 12.1 Å². The van der Waals surface area contributed by atoms with Gasteiger partial charge >= 0.3 is 0 Å². The van der Waals surface area contributed by atoms with Gasteiger partial charge in [-0.05, 0) is 65.9 Å². The number of hydrogen-bond acceptors (Lipinski definition) is 5. The van der Waals surface area contributed by atoms with Crippen molar-refractivity contribution in [3.05, 3.63) is 113 Å². The summed E-state index contributed by atoms with van der Waals surface area (Å²) in [4.78, 5) is 17.1. The van der Waals surface area contributed by atoms with Crippen LogP contribution in [0.1, 0.15) is 34.0 Å². The molecule has 0 bridgehead atoms. The largest absolute Gasteiger partial charge is 0.445 e. The van der Waals surface area contributed by atoms with E-state index in [0.29, 0.717) is 29.1 Å². The molecule has 4 rings (SSSR count). The van der Waals surface area contributed by atoms with Crippen molar-refractivity contribution >= 4 is 5.91 Å². The van der Waals surface area contributed by atoms with Crippen molar-refractivity contribution in [1.29, 1.82) is 0 Å². The highest BCUT2D eigenvalue weighted by Crippen LogP contribution is 2.18. The monoisotopic (exact) mass is 505 g/mol. The van der Waals surface area contributed by atoms with E-state index in [4.69, 9.17) is 4.42 Å². The Morgan fingerprint density at radius 3 is 2.41 bits per heavy atom. The lowest BCUT2D eigenvalue weighted by molar-refractivity contribution is 0.0830. The van der Waals surface area contributed by atoms with Gasteiger partial charge in [-0.2, -0.15) is 0 Å². The molecule has 6 nitrogen and oxygen atoms in total. The summed E-state index contributed by atoms with van der Waals surface area (Å²) in [6.45, 7) is 2.78. The molecule has 2 unspecified atom stereocenters. The fraction of sp³-hybridized carbons (Fsp3) is 0.241. The molecular weight excluding hydrogens is 476 g/mol. The number of aliphatic hydroxyl groups excluding tert-OH is 1. The average molecular weight is 506 g/mol. The van der Waals surface area contributed by atoms with Crippen molar-refractivity contribution < 1.29 is 23.1 Å². The molecule has 0 aliphatic heterocycles. The van der Waals surface area contributed by atoms with Gasteiger partial charge < -0.3 is 20.2 Å². The highest BCUT2D eigenvalue weighted by molar-refractivity contribution is 5.94. The van der Waals surface area contributed by atoms with Crippen LogP contribution in [0.4, 0.5) is 8.78 Å². The Kier molecular flexibility index (Phi) is 8.77. The number of aliphatic hydroxyl groups is 1. The molecule has 0 aliphatic carbocycles. The summed E-state index contributed by atoms with van der Waals surface area (Å²) < 4.78 is 32.9. The third kappa shape index (κ3) is 7.31. The molecule has 1 aromatic heterocycles. The number of hydrogen-bond donors (Lipinski definition) is 3. The van der Waals surface area contributed by atoms with Gasteiger partial charge in [0.1, 0.15) is 17.9 Å². The van der Waals surface area contributed by atoms with Crippen molar-refractivity contribution in [2.24, 2.45) is 0 Å². The zero-order valence-corrected chi connectivity index (χ0v) is 20.5. The Hall–Kier alpha value is -3.88. The zero-order valence-electron chi connectivity index (χ0n) is 20.5. The molecule has 0 aliphatic rings. The third-order valence-corrected chi connectivity index (χ3v) is 6.07. The van der Waals surface area contributed by atoms with Crippen molar-refractivity contribution in [2.45, 2.75) is 38.5 Å². The molecule has 0 saturated heterocycles. The maximum absolute atomic E-state index is 13.8. The summed E-state index contributed by atoms with van der Waals surface area (Å²) in [6.07, 6.45) is 2.95. The fourth-order valence-corrected chi connectivity index (χ4v) is 4.11. The van der Waals surface area contributed by atoms with Crippen molar-refractivity contribution in [3.8, 4) is 11.5 Å². The number of rotatable bonds is 11. The standard InChI is InChI=1S/C29H29F2N3O3/c1-2-19-4-3-5-20(12-19)17-32-18-27(35)26(15-21-13-24(30)16-25(31)14-21)34-28(36)22-6-8-23(9-7-22)29-33-10-11-37-29/h3-14,16,26-27,32,35H,2,15,17-18H2,1H3,(H,34,36). The molecule has 4 aromatic rings. The number of nitrogens with one attached hydrogen (secondary N) is 2. The smallest absolute Gasteiger partial charge is 0.251 e. The second-order valence-corrected chi connectivity index (χ2v) is 8.85. The van der Waals surface area contributed by atoms with Crippen LogP contribution < -0.4 is 10.6 Å². The minimum atomic E-state index is -1.02. The van der Waals surface area contributed by atoms with E-state index in [-0.39, 0.29) is 13.0 Å². The molecule has 0 radical (unpaired) electrons. The van der Waals surface area contributed by atoms with Crippen LogP contribution in [0.3, 0.4) is 0 Å². The van der Waals surface area contributed by atoms with Crippen LogP contribution in [0.15, 0.2) is 83.6 Å². The van der Waals surface area contributed by atoms with E-state index in [9.17, 15) is 18.7 Å². The van der Waals surface area contributed by atoms with Gasteiger partial charge in [0.05, 0.1) is 18.3 Å². The first kappa shape index (κ1) is 26.2. The Morgan fingerprint density at radius 1 is 1.00 bits per heavy atom. The van der Waals surface area contributed by atoms with E-state index >= 15 is 0 Å². The average Bonchev–Trinajstić information content (AvgIpc) is 3.43. The van der Waals surface area contributed by atoms with E-state index < -0.39 is 29.7 Å². The van der Waals surface area contributed by atoms with E-state index in [0.717, 1.165) is 18.1 Å². The zero-order chi connectivity index (χ0) is 26.2. The SMILES string of the molecule is CCc1cccc(CNCC(O)C(Cc2cc(F)cc(F)c2)NC(=O)c2ccc(-c3ncco3)cc2)c1. The van der Waals surface area contributed by atoms with Gasteiger partial charge in [-0.15, -0.1) is 0 Å². The maximum atomic E-state index is 13.8. The van der Waals surface area contributed by atoms with Crippen LogP contribution in [-0.4, -0.2) is 34.7 Å². The van der Waals surface area contributed by atoms with Gasteiger partial charge in [-0.3, -0.25) is 4.79 Å². The van der Waals surface area contributed by atoms with Gasteiger partial charge in [-0.25, -0.2) is 13.8 Å². The van der Waals surface area contributed by atoms with Gasteiger partial charge in [0.2, 0.25) is 5.89 Å². The molecular formula is C29H29F2N3O3. The Balaban J connectivity index is 1.45.